The second-order valence-electron chi connectivity index (χ2n) is 7.15. The summed E-state index contributed by atoms with van der Waals surface area (Å²) in [7, 11) is 0. The van der Waals surface area contributed by atoms with Crippen molar-refractivity contribution in [2.75, 3.05) is 0 Å². The molecule has 0 aromatic heterocycles. The summed E-state index contributed by atoms with van der Waals surface area (Å²) < 4.78 is 0. The Hall–Kier alpha value is -0.0400. The molecule has 0 radical (unpaired) electrons. The first kappa shape index (κ1) is 11.1. The van der Waals surface area contributed by atoms with Crippen LogP contribution in [0.15, 0.2) is 0 Å². The van der Waals surface area contributed by atoms with Gasteiger partial charge >= 0.3 is 0 Å². The molecule has 2 N–H and O–H groups in total. The normalized spacial score (nSPS) is 46.9. The predicted octanol–water partition coefficient (Wildman–Crippen LogP) is 3.86. The third-order valence-electron chi connectivity index (χ3n) is 5.97. The fourth-order valence-corrected chi connectivity index (χ4v) is 5.38. The standard InChI is InChI=1S/C15H27N/c1-12-9-13-5-4-6-14(10-12,11-13)15(16)7-2-3-8-15/h12-13H,2-11,16H2,1H3. The maximum absolute atomic E-state index is 6.84. The van der Waals surface area contributed by atoms with Gasteiger partial charge in [-0.1, -0.05) is 32.6 Å². The molecule has 0 aliphatic heterocycles. The second-order valence-corrected chi connectivity index (χ2v) is 7.15. The molecular formula is C15H27N. The van der Waals surface area contributed by atoms with Gasteiger partial charge in [-0.2, -0.15) is 0 Å². The van der Waals surface area contributed by atoms with Gasteiger partial charge in [-0.25, -0.2) is 0 Å². The van der Waals surface area contributed by atoms with Crippen molar-refractivity contribution in [3.63, 3.8) is 0 Å². The summed E-state index contributed by atoms with van der Waals surface area (Å²) in [5.41, 5.74) is 7.61. The molecule has 2 bridgehead atoms. The molecule has 0 aromatic rings. The van der Waals surface area contributed by atoms with E-state index in [1.54, 1.807) is 0 Å². The molecule has 0 heterocycles. The predicted molar refractivity (Wildman–Crippen MR) is 68.2 cm³/mol. The van der Waals surface area contributed by atoms with Crippen LogP contribution in [0.2, 0.25) is 0 Å². The van der Waals surface area contributed by atoms with E-state index in [1.165, 1.54) is 64.2 Å². The molecule has 3 saturated carbocycles. The van der Waals surface area contributed by atoms with Gasteiger partial charge in [0.25, 0.3) is 0 Å². The number of rotatable bonds is 1. The van der Waals surface area contributed by atoms with E-state index in [9.17, 15) is 0 Å². The summed E-state index contributed by atoms with van der Waals surface area (Å²) in [5, 5.41) is 0. The van der Waals surface area contributed by atoms with E-state index >= 15 is 0 Å². The lowest BCUT2D eigenvalue weighted by atomic mass is 9.51. The second kappa shape index (κ2) is 3.73. The Morgan fingerprint density at radius 1 is 1.00 bits per heavy atom. The van der Waals surface area contributed by atoms with Crippen LogP contribution in [0, 0.1) is 17.3 Å². The highest BCUT2D eigenvalue weighted by Crippen LogP contribution is 2.59. The minimum atomic E-state index is 0.223. The van der Waals surface area contributed by atoms with E-state index < -0.39 is 0 Å². The maximum Gasteiger partial charge on any atom is 0.0211 e. The minimum Gasteiger partial charge on any atom is -0.325 e. The minimum absolute atomic E-state index is 0.223. The van der Waals surface area contributed by atoms with Gasteiger partial charge in [0.15, 0.2) is 0 Å². The Kier molecular flexibility index (Phi) is 2.58. The molecule has 16 heavy (non-hydrogen) atoms. The third-order valence-corrected chi connectivity index (χ3v) is 5.97. The average molecular weight is 221 g/mol. The highest BCUT2D eigenvalue weighted by molar-refractivity contribution is 5.09. The van der Waals surface area contributed by atoms with Gasteiger partial charge in [0, 0.05) is 5.54 Å². The van der Waals surface area contributed by atoms with Crippen molar-refractivity contribution in [3.8, 4) is 0 Å². The van der Waals surface area contributed by atoms with Crippen molar-refractivity contribution in [3.05, 3.63) is 0 Å². The van der Waals surface area contributed by atoms with Crippen LogP contribution >= 0.6 is 0 Å². The molecule has 1 heteroatoms. The first-order valence-corrected chi connectivity index (χ1v) is 7.43. The van der Waals surface area contributed by atoms with Crippen molar-refractivity contribution in [1.82, 2.24) is 0 Å². The largest absolute Gasteiger partial charge is 0.325 e. The topological polar surface area (TPSA) is 26.0 Å². The van der Waals surface area contributed by atoms with Gasteiger partial charge in [0.1, 0.15) is 0 Å². The SMILES string of the molecule is CC1CC2CCCC(C3(N)CCCC3)(C1)C2. The zero-order valence-electron chi connectivity index (χ0n) is 10.8. The van der Waals surface area contributed by atoms with Crippen LogP contribution in [-0.2, 0) is 0 Å². The zero-order valence-corrected chi connectivity index (χ0v) is 10.8. The summed E-state index contributed by atoms with van der Waals surface area (Å²) in [6.07, 6.45) is 14.2. The van der Waals surface area contributed by atoms with Crippen molar-refractivity contribution in [2.24, 2.45) is 23.0 Å². The van der Waals surface area contributed by atoms with Crippen molar-refractivity contribution < 1.29 is 0 Å². The lowest BCUT2D eigenvalue weighted by molar-refractivity contribution is -0.0215. The van der Waals surface area contributed by atoms with E-state index in [1.807, 2.05) is 0 Å². The molecule has 3 rings (SSSR count). The van der Waals surface area contributed by atoms with Crippen LogP contribution in [-0.4, -0.2) is 5.54 Å². The Balaban J connectivity index is 1.89. The molecular weight excluding hydrogens is 194 g/mol. The Labute approximate surface area is 100 Å². The van der Waals surface area contributed by atoms with Crippen LogP contribution < -0.4 is 5.73 Å². The van der Waals surface area contributed by atoms with E-state index in [0.29, 0.717) is 5.41 Å². The van der Waals surface area contributed by atoms with E-state index in [2.05, 4.69) is 6.92 Å². The maximum atomic E-state index is 6.84. The fourth-order valence-electron chi connectivity index (χ4n) is 5.38. The third kappa shape index (κ3) is 1.54. The summed E-state index contributed by atoms with van der Waals surface area (Å²) >= 11 is 0. The molecule has 0 amide bonds. The Bertz CT molecular complexity index is 263. The van der Waals surface area contributed by atoms with Gasteiger partial charge in [-0.3, -0.25) is 0 Å². The average Bonchev–Trinajstić information content (AvgIpc) is 2.66. The molecule has 3 fully saturated rings. The van der Waals surface area contributed by atoms with Crippen molar-refractivity contribution >= 4 is 0 Å². The number of nitrogens with two attached hydrogens (primary N) is 1. The molecule has 3 unspecified atom stereocenters. The van der Waals surface area contributed by atoms with Crippen LogP contribution in [0.5, 0.6) is 0 Å². The van der Waals surface area contributed by atoms with E-state index in [0.717, 1.165) is 11.8 Å². The van der Waals surface area contributed by atoms with Crippen LogP contribution in [0.3, 0.4) is 0 Å². The quantitative estimate of drug-likeness (QED) is 0.715. The van der Waals surface area contributed by atoms with Crippen LogP contribution in [0.1, 0.15) is 71.1 Å². The van der Waals surface area contributed by atoms with Crippen LogP contribution in [0.25, 0.3) is 0 Å². The highest BCUT2D eigenvalue weighted by Gasteiger charge is 2.53. The van der Waals surface area contributed by atoms with Crippen molar-refractivity contribution in [2.45, 2.75) is 76.7 Å². The summed E-state index contributed by atoms with van der Waals surface area (Å²) in [6, 6.07) is 0. The van der Waals surface area contributed by atoms with Gasteiger partial charge in [-0.15, -0.1) is 0 Å². The molecule has 1 nitrogen and oxygen atoms in total. The summed E-state index contributed by atoms with van der Waals surface area (Å²) in [4.78, 5) is 0. The first-order chi connectivity index (χ1) is 7.64. The molecule has 0 spiro atoms. The molecule has 0 aromatic carbocycles. The number of fused-ring (bicyclic) bond motifs is 2. The summed E-state index contributed by atoms with van der Waals surface area (Å²) in [5.74, 6) is 1.94. The lowest BCUT2D eigenvalue weighted by Crippen LogP contribution is -2.57. The van der Waals surface area contributed by atoms with Crippen LogP contribution in [0.4, 0.5) is 0 Å². The molecule has 0 saturated heterocycles. The molecule has 92 valence electrons. The summed E-state index contributed by atoms with van der Waals surface area (Å²) in [6.45, 7) is 2.46. The monoisotopic (exact) mass is 221 g/mol. The van der Waals surface area contributed by atoms with E-state index in [-0.39, 0.29) is 5.54 Å². The lowest BCUT2D eigenvalue weighted by Gasteiger charge is -2.56. The first-order valence-electron chi connectivity index (χ1n) is 7.43. The fraction of sp³-hybridized carbons (Fsp3) is 1.00. The molecule has 3 aliphatic rings. The van der Waals surface area contributed by atoms with E-state index in [4.69, 9.17) is 5.73 Å². The molecule has 3 atom stereocenters. The van der Waals surface area contributed by atoms with Gasteiger partial charge in [0.05, 0.1) is 0 Å². The Morgan fingerprint density at radius 3 is 2.50 bits per heavy atom. The van der Waals surface area contributed by atoms with Gasteiger partial charge < -0.3 is 5.73 Å². The molecule has 3 aliphatic carbocycles. The number of hydrogen-bond acceptors (Lipinski definition) is 1. The van der Waals surface area contributed by atoms with Crippen molar-refractivity contribution in [1.29, 1.82) is 0 Å². The highest BCUT2D eigenvalue weighted by atomic mass is 14.8. The zero-order chi connectivity index (χ0) is 11.2. The number of hydrogen-bond donors (Lipinski definition) is 1. The van der Waals surface area contributed by atoms with Gasteiger partial charge in [-0.05, 0) is 55.8 Å². The van der Waals surface area contributed by atoms with Gasteiger partial charge in [0.2, 0.25) is 0 Å². The smallest absolute Gasteiger partial charge is 0.0211 e. The Morgan fingerprint density at radius 2 is 1.75 bits per heavy atom.